The molecule has 14 nitrogen and oxygen atoms in total. The smallest absolute Gasteiger partial charge is 0.407 e. The number of ether oxygens (including phenoxy) is 4. The lowest BCUT2D eigenvalue weighted by atomic mass is 9.93. The third kappa shape index (κ3) is 15.2. The van der Waals surface area contributed by atoms with Crippen LogP contribution in [0.3, 0.4) is 0 Å². The van der Waals surface area contributed by atoms with Gasteiger partial charge in [0.15, 0.2) is 11.5 Å². The zero-order valence-electron chi connectivity index (χ0n) is 30.5. The quantitative estimate of drug-likeness (QED) is 0.0449. The molecule has 0 fully saturated rings. The fraction of sp³-hybridized carbons (Fsp3) is 0.395. The number of aliphatic imine (C=N–C) groups is 2. The molecule has 0 heterocycles. The molecule has 1 unspecified atom stereocenters. The van der Waals surface area contributed by atoms with Crippen molar-refractivity contribution in [2.45, 2.75) is 37.7 Å². The van der Waals surface area contributed by atoms with E-state index in [0.29, 0.717) is 37.1 Å². The second-order valence-corrected chi connectivity index (χ2v) is 12.1. The summed E-state index contributed by atoms with van der Waals surface area (Å²) in [7, 11) is 3.24. The first-order valence-electron chi connectivity index (χ1n) is 17.3. The lowest BCUT2D eigenvalue weighted by molar-refractivity contribution is -0.121. The molecular formula is C38H49F2N7O7. The lowest BCUT2D eigenvalue weighted by Crippen LogP contribution is -2.43. The van der Waals surface area contributed by atoms with Crippen LogP contribution in [0, 0.1) is 17.0 Å². The predicted molar refractivity (Wildman–Crippen MR) is 202 cm³/mol. The Balaban J connectivity index is 1.26. The number of halogens is 2. The van der Waals surface area contributed by atoms with Crippen molar-refractivity contribution in [3.05, 3.63) is 89.0 Å². The number of hydrogen-bond donors (Lipinski definition) is 6. The van der Waals surface area contributed by atoms with Crippen molar-refractivity contribution in [1.29, 1.82) is 5.41 Å². The van der Waals surface area contributed by atoms with Crippen LogP contribution in [0.2, 0.25) is 0 Å². The number of carbonyl (C=O) groups is 2. The monoisotopic (exact) mass is 753 g/mol. The van der Waals surface area contributed by atoms with E-state index in [1.165, 1.54) is 5.56 Å². The van der Waals surface area contributed by atoms with Crippen molar-refractivity contribution in [2.75, 3.05) is 60.2 Å². The number of aryl methyl sites for hydroxylation is 2. The van der Waals surface area contributed by atoms with Gasteiger partial charge in [-0.2, -0.15) is 0 Å². The highest BCUT2D eigenvalue weighted by Crippen LogP contribution is 2.28. The van der Waals surface area contributed by atoms with E-state index in [1.54, 1.807) is 14.2 Å². The lowest BCUT2D eigenvalue weighted by Gasteiger charge is -2.28. The van der Waals surface area contributed by atoms with Crippen LogP contribution >= 0.6 is 0 Å². The number of benzene rings is 3. The van der Waals surface area contributed by atoms with Crippen LogP contribution in [-0.2, 0) is 28.0 Å². The maximum atomic E-state index is 14.5. The SMILES string of the molecule is COc1ccc(CCCc2cccc(OCCNC(=O)CCCNC(=O)OCC(=N)CNCC(O)(CN=CN=CN)c3ccc(F)cc3F)c2)cc1OC. The van der Waals surface area contributed by atoms with Gasteiger partial charge in [-0.25, -0.2) is 18.6 Å². The van der Waals surface area contributed by atoms with E-state index in [-0.39, 0.29) is 56.4 Å². The van der Waals surface area contributed by atoms with Gasteiger partial charge in [0.1, 0.15) is 42.5 Å². The molecule has 1 atom stereocenters. The number of amides is 2. The fourth-order valence-electron chi connectivity index (χ4n) is 5.27. The van der Waals surface area contributed by atoms with Crippen molar-refractivity contribution < 1.29 is 42.4 Å². The Kier molecular flexibility index (Phi) is 18.3. The zero-order chi connectivity index (χ0) is 39.2. The van der Waals surface area contributed by atoms with Gasteiger partial charge >= 0.3 is 6.09 Å². The van der Waals surface area contributed by atoms with Crippen LogP contribution in [0.25, 0.3) is 0 Å². The van der Waals surface area contributed by atoms with Crippen molar-refractivity contribution in [3.8, 4) is 17.2 Å². The number of methoxy groups -OCH3 is 2. The van der Waals surface area contributed by atoms with Gasteiger partial charge in [-0.3, -0.25) is 9.79 Å². The van der Waals surface area contributed by atoms with Crippen LogP contribution in [0.15, 0.2) is 70.6 Å². The second-order valence-electron chi connectivity index (χ2n) is 12.1. The topological polar surface area (TPSA) is 202 Å². The summed E-state index contributed by atoms with van der Waals surface area (Å²) >= 11 is 0. The van der Waals surface area contributed by atoms with Gasteiger partial charge in [0, 0.05) is 37.7 Å². The second kappa shape index (κ2) is 23.1. The minimum atomic E-state index is -1.90. The Morgan fingerprint density at radius 2 is 1.74 bits per heavy atom. The normalized spacial score (nSPS) is 12.3. The van der Waals surface area contributed by atoms with Crippen LogP contribution in [0.1, 0.15) is 36.0 Å². The van der Waals surface area contributed by atoms with Crippen LogP contribution < -0.4 is 35.9 Å². The van der Waals surface area contributed by atoms with Crippen molar-refractivity contribution in [1.82, 2.24) is 16.0 Å². The molecule has 7 N–H and O–H groups in total. The number of aliphatic hydroxyl groups is 1. The van der Waals surface area contributed by atoms with Crippen molar-refractivity contribution in [2.24, 2.45) is 15.7 Å². The Bertz CT molecular complexity index is 1730. The molecule has 3 rings (SSSR count). The van der Waals surface area contributed by atoms with Gasteiger partial charge in [-0.15, -0.1) is 0 Å². The Morgan fingerprint density at radius 1 is 0.963 bits per heavy atom. The summed E-state index contributed by atoms with van der Waals surface area (Å²) in [6.45, 7) is -0.269. The minimum absolute atomic E-state index is 0.0391. The van der Waals surface area contributed by atoms with Crippen LogP contribution in [0.5, 0.6) is 17.2 Å². The molecule has 0 bridgehead atoms. The van der Waals surface area contributed by atoms with E-state index in [2.05, 4.69) is 32.0 Å². The first-order valence-corrected chi connectivity index (χ1v) is 17.3. The molecule has 0 aliphatic rings. The first-order chi connectivity index (χ1) is 26.1. The van der Waals surface area contributed by atoms with Crippen molar-refractivity contribution in [3.63, 3.8) is 0 Å². The molecule has 2 amide bonds. The van der Waals surface area contributed by atoms with Gasteiger partial charge in [-0.1, -0.05) is 24.3 Å². The number of nitrogens with one attached hydrogen (secondary N) is 4. The molecule has 292 valence electrons. The number of hydrogen-bond acceptors (Lipinski definition) is 10. The van der Waals surface area contributed by atoms with Crippen LogP contribution in [-0.4, -0.2) is 95.7 Å². The first kappa shape index (κ1) is 42.8. The molecule has 0 aliphatic carbocycles. The standard InChI is InChI=1S/C38H49F2N7O7/c1-51-34-14-11-28(19-35(34)52-2)7-3-6-27-8-4-9-31(18-27)53-17-16-46-36(48)10-5-15-47-37(49)54-22-30(42)21-43-23-38(50,24-44-26-45-25-41)32-13-12-29(39)20-33(32)40/h4,8-9,11-14,18-20,25-26,42-43,50H,3,5-7,10,15-17,21-24H2,1-2H3,(H,46,48)(H,47,49)(H2,41,44,45). The third-order valence-corrected chi connectivity index (χ3v) is 7.97. The summed E-state index contributed by atoms with van der Waals surface area (Å²) in [4.78, 5) is 31.8. The summed E-state index contributed by atoms with van der Waals surface area (Å²) in [6, 6.07) is 16.6. The molecule has 0 radical (unpaired) electrons. The highest BCUT2D eigenvalue weighted by molar-refractivity contribution is 5.86. The average molecular weight is 754 g/mol. The van der Waals surface area contributed by atoms with Gasteiger partial charge < -0.3 is 51.1 Å². The Labute approximate surface area is 313 Å². The Hall–Kier alpha value is -5.61. The van der Waals surface area contributed by atoms with Crippen LogP contribution in [0.4, 0.5) is 13.6 Å². The Morgan fingerprint density at radius 3 is 2.48 bits per heavy atom. The minimum Gasteiger partial charge on any atom is -0.493 e. The summed E-state index contributed by atoms with van der Waals surface area (Å²) in [5.74, 6) is 0.175. The van der Waals surface area contributed by atoms with Gasteiger partial charge in [0.25, 0.3) is 0 Å². The molecule has 3 aromatic rings. The molecule has 0 spiro atoms. The van der Waals surface area contributed by atoms with Gasteiger partial charge in [-0.05, 0) is 67.1 Å². The average Bonchev–Trinajstić information content (AvgIpc) is 3.16. The summed E-state index contributed by atoms with van der Waals surface area (Å²) in [5, 5.41) is 27.3. The summed E-state index contributed by atoms with van der Waals surface area (Å²) in [6.07, 6.45) is 4.55. The molecule has 0 aromatic heterocycles. The molecule has 54 heavy (non-hydrogen) atoms. The molecule has 16 heteroatoms. The maximum absolute atomic E-state index is 14.5. The third-order valence-electron chi connectivity index (χ3n) is 7.97. The fourth-order valence-corrected chi connectivity index (χ4v) is 5.27. The maximum Gasteiger partial charge on any atom is 0.407 e. The van der Waals surface area contributed by atoms with Gasteiger partial charge in [0.05, 0.1) is 39.4 Å². The van der Waals surface area contributed by atoms with Crippen molar-refractivity contribution >= 4 is 30.4 Å². The van der Waals surface area contributed by atoms with Gasteiger partial charge in [0.2, 0.25) is 5.91 Å². The molecule has 0 saturated carbocycles. The zero-order valence-corrected chi connectivity index (χ0v) is 30.5. The molecule has 3 aromatic carbocycles. The van der Waals surface area contributed by atoms with E-state index in [0.717, 1.165) is 55.4 Å². The number of nitrogens with zero attached hydrogens (tertiary/aromatic N) is 2. The highest BCUT2D eigenvalue weighted by atomic mass is 19.1. The van der Waals surface area contributed by atoms with E-state index in [4.69, 9.17) is 30.1 Å². The largest absolute Gasteiger partial charge is 0.493 e. The van der Waals surface area contributed by atoms with E-state index in [1.807, 2.05) is 36.4 Å². The summed E-state index contributed by atoms with van der Waals surface area (Å²) < 4.78 is 49.4. The van der Waals surface area contributed by atoms with E-state index < -0.39 is 23.3 Å². The molecular weight excluding hydrogens is 704 g/mol. The van der Waals surface area contributed by atoms with E-state index >= 15 is 0 Å². The number of rotatable bonds is 24. The predicted octanol–water partition coefficient (Wildman–Crippen LogP) is 3.67. The number of nitrogens with two attached hydrogens (primary N) is 1. The summed E-state index contributed by atoms with van der Waals surface area (Å²) in [5.41, 5.74) is 5.33. The number of carbonyl (C=O) groups excluding carboxylic acids is 2. The molecule has 0 aliphatic heterocycles. The van der Waals surface area contributed by atoms with E-state index in [9.17, 15) is 23.5 Å². The number of alkyl carbamates (subject to hydrolysis) is 1. The molecule has 0 saturated heterocycles. The highest BCUT2D eigenvalue weighted by Gasteiger charge is 2.32.